The summed E-state index contributed by atoms with van der Waals surface area (Å²) < 4.78 is 25.0. The number of nitrogens with one attached hydrogen (secondary N) is 1. The lowest BCUT2D eigenvalue weighted by Gasteiger charge is -2.17. The van der Waals surface area contributed by atoms with E-state index in [0.29, 0.717) is 19.8 Å². The Morgan fingerprint density at radius 1 is 1.58 bits per heavy atom. The average Bonchev–Trinajstić information content (AvgIpc) is 2.90. The van der Waals surface area contributed by atoms with Crippen molar-refractivity contribution in [2.24, 2.45) is 0 Å². The number of hydrogen-bond acceptors (Lipinski definition) is 3. The third-order valence-electron chi connectivity index (χ3n) is 3.12. The molecule has 2 atom stereocenters. The van der Waals surface area contributed by atoms with Crippen molar-refractivity contribution in [1.29, 1.82) is 0 Å². The number of benzene rings is 1. The van der Waals surface area contributed by atoms with Gasteiger partial charge in [0.15, 0.2) is 0 Å². The highest BCUT2D eigenvalue weighted by molar-refractivity contribution is 9.10. The van der Waals surface area contributed by atoms with Crippen molar-refractivity contribution in [1.82, 2.24) is 5.32 Å². The Labute approximate surface area is 121 Å². The maximum Gasteiger partial charge on any atom is 0.123 e. The molecule has 0 saturated carbocycles. The molecule has 3 nitrogen and oxygen atoms in total. The highest BCUT2D eigenvalue weighted by Crippen LogP contribution is 2.17. The van der Waals surface area contributed by atoms with Gasteiger partial charge >= 0.3 is 0 Å². The first-order chi connectivity index (χ1) is 9.15. The molecule has 1 saturated heterocycles. The van der Waals surface area contributed by atoms with Crippen LogP contribution in [0.3, 0.4) is 0 Å². The molecule has 0 aromatic heterocycles. The van der Waals surface area contributed by atoms with Crippen LogP contribution in [0, 0.1) is 5.82 Å². The summed E-state index contributed by atoms with van der Waals surface area (Å²) in [7, 11) is 0. The van der Waals surface area contributed by atoms with E-state index in [2.05, 4.69) is 28.2 Å². The van der Waals surface area contributed by atoms with Crippen LogP contribution >= 0.6 is 15.9 Å². The van der Waals surface area contributed by atoms with Crippen molar-refractivity contribution >= 4 is 15.9 Å². The molecule has 0 radical (unpaired) electrons. The highest BCUT2D eigenvalue weighted by Gasteiger charge is 2.16. The summed E-state index contributed by atoms with van der Waals surface area (Å²) in [6.07, 6.45) is 1.20. The van der Waals surface area contributed by atoms with E-state index in [1.807, 2.05) is 0 Å². The lowest BCUT2D eigenvalue weighted by Crippen LogP contribution is -2.32. The fourth-order valence-electron chi connectivity index (χ4n) is 1.95. The van der Waals surface area contributed by atoms with Gasteiger partial charge in [0, 0.05) is 23.7 Å². The summed E-state index contributed by atoms with van der Waals surface area (Å²) in [6, 6.07) is 4.93. The Hall–Kier alpha value is -0.490. The van der Waals surface area contributed by atoms with Crippen molar-refractivity contribution in [3.05, 3.63) is 34.1 Å². The van der Waals surface area contributed by atoms with E-state index in [-0.39, 0.29) is 18.0 Å². The monoisotopic (exact) mass is 331 g/mol. The van der Waals surface area contributed by atoms with Crippen molar-refractivity contribution in [2.45, 2.75) is 32.0 Å². The quantitative estimate of drug-likeness (QED) is 0.869. The van der Waals surface area contributed by atoms with Gasteiger partial charge in [0.05, 0.1) is 19.3 Å². The normalized spacial score (nSPS) is 20.7. The van der Waals surface area contributed by atoms with Crippen LogP contribution in [0.5, 0.6) is 0 Å². The van der Waals surface area contributed by atoms with E-state index in [1.165, 1.54) is 12.1 Å². The van der Waals surface area contributed by atoms with E-state index < -0.39 is 0 Å². The molecule has 0 unspecified atom stereocenters. The molecule has 2 rings (SSSR count). The molecule has 5 heteroatoms. The number of halogens is 2. The van der Waals surface area contributed by atoms with Crippen LogP contribution in [-0.4, -0.2) is 32.0 Å². The van der Waals surface area contributed by atoms with E-state index in [0.717, 1.165) is 23.1 Å². The van der Waals surface area contributed by atoms with Crippen LogP contribution in [0.4, 0.5) is 4.39 Å². The summed E-state index contributed by atoms with van der Waals surface area (Å²) in [5, 5.41) is 3.33. The second-order valence-corrected chi connectivity index (χ2v) is 5.69. The van der Waals surface area contributed by atoms with Crippen molar-refractivity contribution in [2.75, 3.05) is 19.8 Å². The molecule has 0 aliphatic carbocycles. The van der Waals surface area contributed by atoms with Gasteiger partial charge in [0.1, 0.15) is 5.82 Å². The summed E-state index contributed by atoms with van der Waals surface area (Å²) in [5.41, 5.74) is 0.913. The number of hydrogen-bond donors (Lipinski definition) is 1. The fraction of sp³-hybridized carbons (Fsp3) is 0.571. The van der Waals surface area contributed by atoms with Gasteiger partial charge < -0.3 is 14.8 Å². The molecule has 1 aromatic carbocycles. The minimum atomic E-state index is -0.216. The predicted molar refractivity (Wildman–Crippen MR) is 75.6 cm³/mol. The van der Waals surface area contributed by atoms with Crippen LogP contribution in [0.1, 0.15) is 18.9 Å². The Morgan fingerprint density at radius 2 is 2.42 bits per heavy atom. The molecular weight excluding hydrogens is 313 g/mol. The maximum atomic E-state index is 13.1. The molecule has 1 fully saturated rings. The highest BCUT2D eigenvalue weighted by atomic mass is 79.9. The molecule has 1 aliphatic heterocycles. The van der Waals surface area contributed by atoms with Crippen LogP contribution in [0.25, 0.3) is 0 Å². The second-order valence-electron chi connectivity index (χ2n) is 4.84. The van der Waals surface area contributed by atoms with E-state index in [4.69, 9.17) is 9.47 Å². The lowest BCUT2D eigenvalue weighted by atomic mass is 10.2. The van der Waals surface area contributed by atoms with Gasteiger partial charge in [-0.05, 0) is 37.1 Å². The number of ether oxygens (including phenoxy) is 2. The van der Waals surface area contributed by atoms with Gasteiger partial charge in [0.25, 0.3) is 0 Å². The first-order valence-electron chi connectivity index (χ1n) is 6.52. The third-order valence-corrected chi connectivity index (χ3v) is 3.89. The van der Waals surface area contributed by atoms with Crippen LogP contribution in [-0.2, 0) is 16.0 Å². The molecule has 106 valence electrons. The van der Waals surface area contributed by atoms with Crippen molar-refractivity contribution in [3.63, 3.8) is 0 Å². The Balaban J connectivity index is 1.73. The Bertz CT molecular complexity index is 410. The topological polar surface area (TPSA) is 30.5 Å². The molecule has 0 bridgehead atoms. The minimum Gasteiger partial charge on any atom is -0.379 e. The first kappa shape index (κ1) is 14.9. The summed E-state index contributed by atoms with van der Waals surface area (Å²) in [4.78, 5) is 0. The van der Waals surface area contributed by atoms with E-state index in [9.17, 15) is 4.39 Å². The van der Waals surface area contributed by atoms with Crippen LogP contribution in [0.2, 0.25) is 0 Å². The molecule has 0 amide bonds. The minimum absolute atomic E-state index is 0.216. The Kier molecular flexibility index (Phi) is 5.76. The standard InChI is InChI=1S/C14H19BrFNO2/c1-10(8-19-13-4-5-18-9-13)17-7-11-6-12(16)2-3-14(11)15/h2-3,6,10,13,17H,4-5,7-9H2,1H3/t10-,13+/m1/s1. The molecule has 1 aliphatic rings. The van der Waals surface area contributed by atoms with Gasteiger partial charge in [-0.3, -0.25) is 0 Å². The SMILES string of the molecule is C[C@H](CO[C@H]1CCOC1)NCc1cc(F)ccc1Br. The molecule has 0 spiro atoms. The van der Waals surface area contributed by atoms with Gasteiger partial charge in [-0.15, -0.1) is 0 Å². The van der Waals surface area contributed by atoms with Gasteiger partial charge in [-0.25, -0.2) is 4.39 Å². The largest absolute Gasteiger partial charge is 0.379 e. The van der Waals surface area contributed by atoms with Crippen LogP contribution in [0.15, 0.2) is 22.7 Å². The molecular formula is C14H19BrFNO2. The average molecular weight is 332 g/mol. The zero-order valence-electron chi connectivity index (χ0n) is 11.0. The first-order valence-corrected chi connectivity index (χ1v) is 7.31. The predicted octanol–water partition coefficient (Wildman–Crippen LogP) is 2.87. The molecule has 19 heavy (non-hydrogen) atoms. The van der Waals surface area contributed by atoms with Gasteiger partial charge in [0.2, 0.25) is 0 Å². The number of rotatable bonds is 6. The Morgan fingerprint density at radius 3 is 3.16 bits per heavy atom. The smallest absolute Gasteiger partial charge is 0.123 e. The fourth-order valence-corrected chi connectivity index (χ4v) is 2.33. The zero-order valence-corrected chi connectivity index (χ0v) is 12.6. The van der Waals surface area contributed by atoms with Crippen LogP contribution < -0.4 is 5.32 Å². The summed E-state index contributed by atoms with van der Waals surface area (Å²) >= 11 is 3.42. The van der Waals surface area contributed by atoms with Crippen molar-refractivity contribution in [3.8, 4) is 0 Å². The third kappa shape index (κ3) is 4.84. The van der Waals surface area contributed by atoms with Gasteiger partial charge in [-0.1, -0.05) is 15.9 Å². The van der Waals surface area contributed by atoms with Gasteiger partial charge in [-0.2, -0.15) is 0 Å². The summed E-state index contributed by atoms with van der Waals surface area (Å²) in [6.45, 7) is 4.80. The second kappa shape index (κ2) is 7.33. The molecule has 1 heterocycles. The maximum absolute atomic E-state index is 13.1. The zero-order chi connectivity index (χ0) is 13.7. The lowest BCUT2D eigenvalue weighted by molar-refractivity contribution is 0.0322. The van der Waals surface area contributed by atoms with Crippen molar-refractivity contribution < 1.29 is 13.9 Å². The molecule has 1 N–H and O–H groups in total. The van der Waals surface area contributed by atoms with E-state index in [1.54, 1.807) is 6.07 Å². The molecule has 1 aromatic rings. The van der Waals surface area contributed by atoms with E-state index >= 15 is 0 Å². The summed E-state index contributed by atoms with van der Waals surface area (Å²) in [5.74, 6) is -0.216.